The molecule has 0 N–H and O–H groups in total. The summed E-state index contributed by atoms with van der Waals surface area (Å²) in [5.74, 6) is 0. The van der Waals surface area contributed by atoms with E-state index in [0.29, 0.717) is 15.2 Å². The minimum atomic E-state index is -4.44. The molecule has 0 radical (unpaired) electrons. The number of benzene rings is 2. The maximum atomic E-state index is 12.7. The smallest absolute Gasteiger partial charge is 0.166 e. The Balaban J connectivity index is 2.86. The van der Waals surface area contributed by atoms with Gasteiger partial charge in [-0.3, -0.25) is 0 Å². The minimum absolute atomic E-state index is 0.258. The Kier molecular flexibility index (Phi) is 2.88. The minimum Gasteiger partial charge on any atom is -0.166 e. The molecule has 0 saturated heterocycles. The Morgan fingerprint density at radius 1 is 1.06 bits per heavy atom. The van der Waals surface area contributed by atoms with Gasteiger partial charge in [-0.15, -0.1) is 0 Å². The maximum Gasteiger partial charge on any atom is 0.417 e. The van der Waals surface area contributed by atoms with Crippen molar-refractivity contribution < 1.29 is 13.2 Å². The summed E-state index contributed by atoms with van der Waals surface area (Å²) >= 11 is 8.87. The fourth-order valence-corrected chi connectivity index (χ4v) is 2.40. The van der Waals surface area contributed by atoms with Gasteiger partial charge in [-0.1, -0.05) is 51.8 Å². The maximum absolute atomic E-state index is 12.7. The van der Waals surface area contributed by atoms with Crippen LogP contribution in [0.1, 0.15) is 5.56 Å². The van der Waals surface area contributed by atoms with E-state index in [9.17, 15) is 13.2 Å². The Morgan fingerprint density at radius 2 is 1.62 bits per heavy atom. The fourth-order valence-electron chi connectivity index (χ4n) is 1.50. The van der Waals surface area contributed by atoms with Gasteiger partial charge in [0, 0.05) is 9.86 Å². The van der Waals surface area contributed by atoms with Crippen molar-refractivity contribution in [2.24, 2.45) is 0 Å². The van der Waals surface area contributed by atoms with Crippen LogP contribution in [0.25, 0.3) is 10.8 Å². The molecular formula is C11H5BrClF3. The highest BCUT2D eigenvalue weighted by atomic mass is 79.9. The molecule has 0 fully saturated rings. The predicted octanol–water partition coefficient (Wildman–Crippen LogP) is 5.27. The van der Waals surface area contributed by atoms with Crippen LogP contribution in [0.5, 0.6) is 0 Å². The third-order valence-electron chi connectivity index (χ3n) is 2.23. The Hall–Kier alpha value is -0.740. The van der Waals surface area contributed by atoms with E-state index in [0.717, 1.165) is 6.07 Å². The van der Waals surface area contributed by atoms with Crippen LogP contribution < -0.4 is 0 Å². The summed E-state index contributed by atoms with van der Waals surface area (Å²) in [5.41, 5.74) is -0.820. The molecule has 0 bridgehead atoms. The standard InChI is InChI=1S/C11H5BrClF3/c12-9-5-8(11(14,15)16)10(13)7-4-2-1-3-6(7)9/h1-5H. The van der Waals surface area contributed by atoms with Crippen molar-refractivity contribution in [3.05, 3.63) is 45.4 Å². The summed E-state index contributed by atoms with van der Waals surface area (Å²) in [5, 5.41) is 0.803. The first-order chi connectivity index (χ1) is 7.41. The van der Waals surface area contributed by atoms with Gasteiger partial charge in [0.15, 0.2) is 0 Å². The van der Waals surface area contributed by atoms with E-state index < -0.39 is 11.7 Å². The van der Waals surface area contributed by atoms with Crippen LogP contribution in [0.4, 0.5) is 13.2 Å². The molecule has 2 aromatic rings. The molecule has 0 aliphatic heterocycles. The average Bonchev–Trinajstić information content (AvgIpc) is 2.22. The van der Waals surface area contributed by atoms with E-state index >= 15 is 0 Å². The molecule has 0 atom stereocenters. The highest BCUT2D eigenvalue weighted by Gasteiger charge is 2.34. The van der Waals surface area contributed by atoms with E-state index in [2.05, 4.69) is 15.9 Å². The molecule has 0 saturated carbocycles. The zero-order valence-corrected chi connectivity index (χ0v) is 10.1. The lowest BCUT2D eigenvalue weighted by Gasteiger charge is -2.12. The summed E-state index contributed by atoms with van der Waals surface area (Å²) in [6.45, 7) is 0. The lowest BCUT2D eigenvalue weighted by molar-refractivity contribution is -0.137. The molecule has 0 amide bonds. The number of fused-ring (bicyclic) bond motifs is 1. The van der Waals surface area contributed by atoms with Crippen LogP contribution in [-0.2, 0) is 6.18 Å². The number of rotatable bonds is 0. The molecule has 0 aliphatic carbocycles. The first-order valence-corrected chi connectivity index (χ1v) is 5.52. The summed E-state index contributed by atoms with van der Waals surface area (Å²) < 4.78 is 38.3. The second-order valence-electron chi connectivity index (χ2n) is 3.26. The molecule has 0 heterocycles. The highest BCUT2D eigenvalue weighted by molar-refractivity contribution is 9.10. The van der Waals surface area contributed by atoms with Crippen LogP contribution >= 0.6 is 27.5 Å². The van der Waals surface area contributed by atoms with Crippen LogP contribution in [0.3, 0.4) is 0 Å². The van der Waals surface area contributed by atoms with Gasteiger partial charge in [-0.2, -0.15) is 13.2 Å². The molecular weight excluding hydrogens is 304 g/mol. The van der Waals surface area contributed by atoms with Crippen LogP contribution in [0.2, 0.25) is 5.02 Å². The van der Waals surface area contributed by atoms with Crippen molar-refractivity contribution >= 4 is 38.3 Å². The Bertz CT molecular complexity index is 549. The number of hydrogen-bond donors (Lipinski definition) is 0. The van der Waals surface area contributed by atoms with Crippen molar-refractivity contribution in [2.45, 2.75) is 6.18 Å². The van der Waals surface area contributed by atoms with Gasteiger partial charge in [-0.25, -0.2) is 0 Å². The van der Waals surface area contributed by atoms with Gasteiger partial charge < -0.3 is 0 Å². The average molecular weight is 310 g/mol. The van der Waals surface area contributed by atoms with E-state index in [1.807, 2.05) is 0 Å². The molecule has 5 heteroatoms. The summed E-state index contributed by atoms with van der Waals surface area (Å²) in [6.07, 6.45) is -4.44. The number of alkyl halides is 3. The fraction of sp³-hybridized carbons (Fsp3) is 0.0909. The summed E-state index contributed by atoms with van der Waals surface area (Å²) in [4.78, 5) is 0. The molecule has 0 nitrogen and oxygen atoms in total. The van der Waals surface area contributed by atoms with Gasteiger partial charge in [0.25, 0.3) is 0 Å². The lowest BCUT2D eigenvalue weighted by atomic mass is 10.1. The topological polar surface area (TPSA) is 0 Å². The Morgan fingerprint density at radius 3 is 2.19 bits per heavy atom. The molecule has 0 unspecified atom stereocenters. The molecule has 84 valence electrons. The van der Waals surface area contributed by atoms with E-state index in [1.54, 1.807) is 24.3 Å². The van der Waals surface area contributed by atoms with Crippen molar-refractivity contribution in [1.82, 2.24) is 0 Å². The quantitative estimate of drug-likeness (QED) is 0.621. The molecule has 0 aliphatic rings. The molecule has 0 aromatic heterocycles. The van der Waals surface area contributed by atoms with E-state index in [-0.39, 0.29) is 5.02 Å². The van der Waals surface area contributed by atoms with Gasteiger partial charge in [-0.05, 0) is 11.5 Å². The van der Waals surface area contributed by atoms with Crippen LogP contribution in [0, 0.1) is 0 Å². The Labute approximate surface area is 103 Å². The van der Waals surface area contributed by atoms with Gasteiger partial charge in [0.1, 0.15) is 0 Å². The van der Waals surface area contributed by atoms with Crippen LogP contribution in [-0.4, -0.2) is 0 Å². The second kappa shape index (κ2) is 3.93. The first kappa shape index (κ1) is 11.7. The van der Waals surface area contributed by atoms with Crippen LogP contribution in [0.15, 0.2) is 34.8 Å². The zero-order valence-electron chi connectivity index (χ0n) is 7.78. The van der Waals surface area contributed by atoms with Crippen molar-refractivity contribution in [2.75, 3.05) is 0 Å². The SMILES string of the molecule is FC(F)(F)c1cc(Br)c2ccccc2c1Cl. The predicted molar refractivity (Wildman–Crippen MR) is 61.7 cm³/mol. The normalized spacial score (nSPS) is 12.1. The van der Waals surface area contributed by atoms with Crippen molar-refractivity contribution in [3.63, 3.8) is 0 Å². The van der Waals surface area contributed by atoms with Crippen molar-refractivity contribution in [3.8, 4) is 0 Å². The van der Waals surface area contributed by atoms with E-state index in [1.165, 1.54) is 0 Å². The van der Waals surface area contributed by atoms with Gasteiger partial charge >= 0.3 is 6.18 Å². The first-order valence-electron chi connectivity index (χ1n) is 4.35. The molecule has 2 rings (SSSR count). The molecule has 16 heavy (non-hydrogen) atoms. The summed E-state index contributed by atoms with van der Waals surface area (Å²) in [6, 6.07) is 7.69. The van der Waals surface area contributed by atoms with Gasteiger partial charge in [0.2, 0.25) is 0 Å². The van der Waals surface area contributed by atoms with E-state index in [4.69, 9.17) is 11.6 Å². The van der Waals surface area contributed by atoms with Crippen molar-refractivity contribution in [1.29, 1.82) is 0 Å². The lowest BCUT2D eigenvalue weighted by Crippen LogP contribution is -2.06. The highest BCUT2D eigenvalue weighted by Crippen LogP contribution is 2.41. The monoisotopic (exact) mass is 308 g/mol. The third kappa shape index (κ3) is 1.92. The number of halogens is 5. The molecule has 0 spiro atoms. The summed E-state index contributed by atoms with van der Waals surface area (Å²) in [7, 11) is 0. The zero-order chi connectivity index (χ0) is 11.9. The third-order valence-corrected chi connectivity index (χ3v) is 3.30. The number of hydrogen-bond acceptors (Lipinski definition) is 0. The molecule has 2 aromatic carbocycles. The second-order valence-corrected chi connectivity index (χ2v) is 4.50. The van der Waals surface area contributed by atoms with Gasteiger partial charge in [0.05, 0.1) is 10.6 Å². The largest absolute Gasteiger partial charge is 0.417 e.